The second-order valence-corrected chi connectivity index (χ2v) is 9.13. The summed E-state index contributed by atoms with van der Waals surface area (Å²) in [6.07, 6.45) is 0. The van der Waals surface area contributed by atoms with Gasteiger partial charge in [0, 0.05) is 16.8 Å². The van der Waals surface area contributed by atoms with E-state index in [2.05, 4.69) is 15.0 Å². The number of rotatable bonds is 5. The molecule has 2 aromatic carbocycles. The largest absolute Gasteiger partial charge is 0.454 e. The average Bonchev–Trinajstić information content (AvgIpc) is 3.27. The summed E-state index contributed by atoms with van der Waals surface area (Å²) in [5.41, 5.74) is 0.928. The summed E-state index contributed by atoms with van der Waals surface area (Å²) in [4.78, 5) is 17.1. The highest BCUT2D eigenvalue weighted by Crippen LogP contribution is 2.34. The van der Waals surface area contributed by atoms with Crippen molar-refractivity contribution in [3.63, 3.8) is 0 Å². The maximum atomic E-state index is 12.6. The summed E-state index contributed by atoms with van der Waals surface area (Å²) in [6, 6.07) is 10.8. The molecule has 0 bridgehead atoms. The Hall–Kier alpha value is -2.82. The molecule has 0 radical (unpaired) electrons. The lowest BCUT2D eigenvalue weighted by Gasteiger charge is -2.05. The van der Waals surface area contributed by atoms with Crippen molar-refractivity contribution in [1.82, 2.24) is 4.98 Å². The molecule has 1 aliphatic heterocycles. The summed E-state index contributed by atoms with van der Waals surface area (Å²) in [6.45, 7) is 1.77. The van der Waals surface area contributed by atoms with Gasteiger partial charge >= 0.3 is 0 Å². The minimum Gasteiger partial charge on any atom is -0.454 e. The first kappa shape index (κ1) is 19.5. The van der Waals surface area contributed by atoms with Crippen molar-refractivity contribution in [1.29, 1.82) is 0 Å². The summed E-state index contributed by atoms with van der Waals surface area (Å²) in [7, 11) is -3.85. The van der Waals surface area contributed by atoms with E-state index in [4.69, 9.17) is 21.1 Å². The van der Waals surface area contributed by atoms with Gasteiger partial charge in [-0.25, -0.2) is 13.4 Å². The lowest BCUT2D eigenvalue weighted by Crippen LogP contribution is -2.12. The van der Waals surface area contributed by atoms with Crippen LogP contribution in [0.25, 0.3) is 0 Å². The number of hydrogen-bond acceptors (Lipinski definition) is 7. The number of anilines is 2. The molecule has 0 saturated heterocycles. The molecule has 0 unspecified atom stereocenters. The number of carbonyl (C=O) groups is 1. The van der Waals surface area contributed by atoms with Crippen LogP contribution in [0.2, 0.25) is 5.02 Å². The van der Waals surface area contributed by atoms with Crippen LogP contribution in [0.4, 0.5) is 10.8 Å². The van der Waals surface area contributed by atoms with Crippen LogP contribution in [0.1, 0.15) is 15.4 Å². The molecule has 0 fully saturated rings. The third-order valence-electron chi connectivity index (χ3n) is 3.98. The van der Waals surface area contributed by atoms with Gasteiger partial charge in [-0.05, 0) is 43.3 Å². The van der Waals surface area contributed by atoms with E-state index in [0.29, 0.717) is 27.9 Å². The molecule has 0 atom stereocenters. The van der Waals surface area contributed by atoms with Crippen molar-refractivity contribution in [3.05, 3.63) is 58.1 Å². The Morgan fingerprint density at radius 1 is 1.14 bits per heavy atom. The number of amides is 1. The summed E-state index contributed by atoms with van der Waals surface area (Å²) < 4.78 is 37.9. The number of carbonyl (C=O) groups excluding carboxylic acids is 1. The summed E-state index contributed by atoms with van der Waals surface area (Å²) >= 11 is 6.74. The SMILES string of the molecule is Cc1nc(NS(=O)(=O)c2ccc(Cl)cc2)sc1C(=O)Nc1ccc2c(c1)OCO2. The molecule has 1 aliphatic rings. The molecule has 4 rings (SSSR count). The molecule has 11 heteroatoms. The van der Waals surface area contributed by atoms with Crippen molar-refractivity contribution < 1.29 is 22.7 Å². The van der Waals surface area contributed by atoms with Crippen LogP contribution < -0.4 is 19.5 Å². The number of ether oxygens (including phenoxy) is 2. The maximum absolute atomic E-state index is 12.6. The second kappa shape index (κ2) is 7.54. The zero-order chi connectivity index (χ0) is 20.6. The first-order valence-corrected chi connectivity index (χ1v) is 11.0. The predicted octanol–water partition coefficient (Wildman–Crippen LogP) is 3.89. The van der Waals surface area contributed by atoms with Gasteiger partial charge in [0.15, 0.2) is 16.6 Å². The van der Waals surface area contributed by atoms with Gasteiger partial charge in [-0.15, -0.1) is 0 Å². The van der Waals surface area contributed by atoms with Crippen LogP contribution in [0, 0.1) is 6.92 Å². The van der Waals surface area contributed by atoms with Crippen LogP contribution in [-0.4, -0.2) is 26.1 Å². The van der Waals surface area contributed by atoms with Crippen molar-refractivity contribution in [3.8, 4) is 11.5 Å². The number of aromatic nitrogens is 1. The van der Waals surface area contributed by atoms with Crippen molar-refractivity contribution in [2.45, 2.75) is 11.8 Å². The van der Waals surface area contributed by atoms with Crippen LogP contribution in [0.5, 0.6) is 11.5 Å². The van der Waals surface area contributed by atoms with Gasteiger partial charge in [-0.1, -0.05) is 22.9 Å². The zero-order valence-electron chi connectivity index (χ0n) is 14.9. The number of hydrogen-bond donors (Lipinski definition) is 2. The van der Waals surface area contributed by atoms with Gasteiger partial charge < -0.3 is 14.8 Å². The molecule has 3 aromatic rings. The van der Waals surface area contributed by atoms with E-state index in [9.17, 15) is 13.2 Å². The fraction of sp³-hybridized carbons (Fsp3) is 0.111. The molecule has 0 aliphatic carbocycles. The highest BCUT2D eigenvalue weighted by molar-refractivity contribution is 7.93. The number of thiazole rings is 1. The smallest absolute Gasteiger partial charge is 0.267 e. The third kappa shape index (κ3) is 4.14. The van der Waals surface area contributed by atoms with Crippen LogP contribution in [-0.2, 0) is 10.0 Å². The van der Waals surface area contributed by atoms with E-state index in [1.54, 1.807) is 25.1 Å². The highest BCUT2D eigenvalue weighted by atomic mass is 35.5. The van der Waals surface area contributed by atoms with Gasteiger partial charge in [0.2, 0.25) is 6.79 Å². The van der Waals surface area contributed by atoms with E-state index in [-0.39, 0.29) is 21.7 Å². The fourth-order valence-corrected chi connectivity index (χ4v) is 4.82. The first-order chi connectivity index (χ1) is 13.8. The number of nitrogens with one attached hydrogen (secondary N) is 2. The van der Waals surface area contributed by atoms with Gasteiger partial charge in [-0.2, -0.15) is 0 Å². The number of aryl methyl sites for hydroxylation is 1. The molecule has 0 saturated carbocycles. The number of halogens is 1. The van der Waals surface area contributed by atoms with Crippen molar-refractivity contribution >= 4 is 49.7 Å². The minimum absolute atomic E-state index is 0.0427. The van der Waals surface area contributed by atoms with Crippen molar-refractivity contribution in [2.75, 3.05) is 16.8 Å². The predicted molar refractivity (Wildman–Crippen MR) is 110 cm³/mol. The molecular weight excluding hydrogens is 438 g/mol. The fourth-order valence-electron chi connectivity index (χ4n) is 2.60. The molecule has 2 heterocycles. The number of benzene rings is 2. The molecular formula is C18H14ClN3O5S2. The Labute approximate surface area is 175 Å². The Morgan fingerprint density at radius 3 is 2.62 bits per heavy atom. The Kier molecular flexibility index (Phi) is 5.07. The zero-order valence-corrected chi connectivity index (χ0v) is 17.3. The van der Waals surface area contributed by atoms with Crippen molar-refractivity contribution in [2.24, 2.45) is 0 Å². The monoisotopic (exact) mass is 451 g/mol. The summed E-state index contributed by atoms with van der Waals surface area (Å²) in [5.74, 6) is 0.743. The molecule has 0 spiro atoms. The summed E-state index contributed by atoms with van der Waals surface area (Å²) in [5, 5.41) is 3.27. The number of nitrogens with zero attached hydrogens (tertiary/aromatic N) is 1. The van der Waals surface area contributed by atoms with Gasteiger partial charge in [0.1, 0.15) is 4.88 Å². The van der Waals surface area contributed by atoms with E-state index in [1.165, 1.54) is 24.3 Å². The first-order valence-electron chi connectivity index (χ1n) is 8.29. The number of fused-ring (bicyclic) bond motifs is 1. The lowest BCUT2D eigenvalue weighted by atomic mass is 10.2. The van der Waals surface area contributed by atoms with E-state index < -0.39 is 15.9 Å². The lowest BCUT2D eigenvalue weighted by molar-refractivity contribution is 0.103. The van der Waals surface area contributed by atoms with Crippen LogP contribution >= 0.6 is 22.9 Å². The molecule has 1 aromatic heterocycles. The Balaban J connectivity index is 1.51. The van der Waals surface area contributed by atoms with Gasteiger partial charge in [-0.3, -0.25) is 9.52 Å². The highest BCUT2D eigenvalue weighted by Gasteiger charge is 2.21. The minimum atomic E-state index is -3.85. The Bertz CT molecular complexity index is 1190. The molecule has 29 heavy (non-hydrogen) atoms. The van der Waals surface area contributed by atoms with E-state index >= 15 is 0 Å². The van der Waals surface area contributed by atoms with Gasteiger partial charge in [0.25, 0.3) is 15.9 Å². The van der Waals surface area contributed by atoms with E-state index in [1.807, 2.05) is 0 Å². The van der Waals surface area contributed by atoms with Gasteiger partial charge in [0.05, 0.1) is 10.6 Å². The quantitative estimate of drug-likeness (QED) is 0.609. The van der Waals surface area contributed by atoms with Crippen LogP contribution in [0.3, 0.4) is 0 Å². The van der Waals surface area contributed by atoms with E-state index in [0.717, 1.165) is 11.3 Å². The topological polar surface area (TPSA) is 107 Å². The number of sulfonamides is 1. The maximum Gasteiger partial charge on any atom is 0.267 e. The standard InChI is InChI=1S/C18H14ClN3O5S2/c1-10-16(17(23)21-12-4-7-14-15(8-12)27-9-26-14)28-18(20-10)22-29(24,25)13-5-2-11(19)3-6-13/h2-8H,9H2,1H3,(H,20,22)(H,21,23). The molecule has 150 valence electrons. The average molecular weight is 452 g/mol. The second-order valence-electron chi connectivity index (χ2n) is 6.02. The molecule has 1 amide bonds. The molecule has 8 nitrogen and oxygen atoms in total. The normalized spacial score (nSPS) is 12.6. The molecule has 2 N–H and O–H groups in total. The van der Waals surface area contributed by atoms with Crippen LogP contribution in [0.15, 0.2) is 47.4 Å². The Morgan fingerprint density at radius 2 is 1.86 bits per heavy atom. The third-order valence-corrected chi connectivity index (χ3v) is 6.79.